The molecule has 0 unspecified atom stereocenters. The number of nitrogens with one attached hydrogen (secondary N) is 1. The van der Waals surface area contributed by atoms with Gasteiger partial charge in [0, 0.05) is 32.4 Å². The van der Waals surface area contributed by atoms with Crippen molar-refractivity contribution in [3.63, 3.8) is 0 Å². The molecule has 0 saturated heterocycles. The van der Waals surface area contributed by atoms with E-state index >= 15 is 0 Å². The molecule has 9 heteroatoms. The monoisotopic (exact) mass is 446 g/mol. The minimum atomic E-state index is -0.547. The van der Waals surface area contributed by atoms with E-state index in [1.165, 1.54) is 11.6 Å². The van der Waals surface area contributed by atoms with E-state index in [2.05, 4.69) is 5.32 Å². The van der Waals surface area contributed by atoms with Crippen LogP contribution >= 0.6 is 0 Å². The third kappa shape index (κ3) is 3.57. The highest BCUT2D eigenvalue weighted by molar-refractivity contribution is 5.93. The number of benzene rings is 2. The van der Waals surface area contributed by atoms with Gasteiger partial charge in [-0.2, -0.15) is 0 Å². The van der Waals surface area contributed by atoms with Gasteiger partial charge < -0.3 is 19.4 Å². The molecule has 1 aliphatic heterocycles. The molecule has 0 spiro atoms. The van der Waals surface area contributed by atoms with Crippen LogP contribution in [-0.2, 0) is 32.0 Å². The van der Waals surface area contributed by atoms with Crippen molar-refractivity contribution in [1.82, 2.24) is 19.0 Å². The number of aryl methyl sites for hydroxylation is 1. The van der Waals surface area contributed by atoms with Crippen molar-refractivity contribution in [1.29, 1.82) is 0 Å². The summed E-state index contributed by atoms with van der Waals surface area (Å²) in [5.41, 5.74) is 2.26. The van der Waals surface area contributed by atoms with Crippen molar-refractivity contribution in [3.05, 3.63) is 81.1 Å². The van der Waals surface area contributed by atoms with E-state index < -0.39 is 11.2 Å². The molecule has 2 aromatic heterocycles. The largest absolute Gasteiger partial charge is 0.454 e. The summed E-state index contributed by atoms with van der Waals surface area (Å²) in [7, 11) is 3.17. The van der Waals surface area contributed by atoms with E-state index in [1.54, 1.807) is 17.7 Å². The standard InChI is InChI=1S/C24H22N4O5/c1-26-12-17(16-6-4-3-5-7-16)21-22(26)23(30)27(2)24(31)28(21)13-20(29)25-11-15-8-9-18-19(10-15)33-14-32-18/h3-10,12H,11,13-14H2,1-2H3,(H,25,29). The van der Waals surface area contributed by atoms with Crippen LogP contribution in [0.1, 0.15) is 5.56 Å². The van der Waals surface area contributed by atoms with Gasteiger partial charge in [0.1, 0.15) is 12.1 Å². The number of ether oxygens (including phenoxy) is 2. The number of carbonyl (C=O) groups excluding carboxylic acids is 1. The van der Waals surface area contributed by atoms with Gasteiger partial charge in [0.2, 0.25) is 12.7 Å². The second-order valence-electron chi connectivity index (χ2n) is 7.91. The average Bonchev–Trinajstić information content (AvgIpc) is 3.43. The first-order valence-corrected chi connectivity index (χ1v) is 10.4. The molecule has 0 fully saturated rings. The molecule has 0 aliphatic carbocycles. The van der Waals surface area contributed by atoms with Crippen molar-refractivity contribution >= 4 is 16.9 Å². The maximum Gasteiger partial charge on any atom is 0.331 e. The first kappa shape index (κ1) is 20.6. The maximum absolute atomic E-state index is 13.0. The number of nitrogens with zero attached hydrogens (tertiary/aromatic N) is 3. The predicted octanol–water partition coefficient (Wildman–Crippen LogP) is 1.75. The van der Waals surface area contributed by atoms with Crippen LogP contribution in [0, 0.1) is 0 Å². The number of carbonyl (C=O) groups is 1. The van der Waals surface area contributed by atoms with Gasteiger partial charge >= 0.3 is 5.69 Å². The van der Waals surface area contributed by atoms with Gasteiger partial charge in [-0.15, -0.1) is 0 Å². The molecular weight excluding hydrogens is 424 g/mol. The molecule has 33 heavy (non-hydrogen) atoms. The zero-order valence-corrected chi connectivity index (χ0v) is 18.2. The molecule has 0 atom stereocenters. The number of fused-ring (bicyclic) bond motifs is 2. The Balaban J connectivity index is 1.50. The molecule has 2 aromatic carbocycles. The molecule has 3 heterocycles. The molecule has 168 valence electrons. The second-order valence-corrected chi connectivity index (χ2v) is 7.91. The Kier molecular flexibility index (Phi) is 5.01. The Hall–Kier alpha value is -4.27. The van der Waals surface area contributed by atoms with Crippen molar-refractivity contribution < 1.29 is 14.3 Å². The molecule has 0 bridgehead atoms. The number of hydrogen-bond acceptors (Lipinski definition) is 5. The van der Waals surface area contributed by atoms with Gasteiger partial charge in [0.15, 0.2) is 11.5 Å². The summed E-state index contributed by atoms with van der Waals surface area (Å²) < 4.78 is 14.8. The Morgan fingerprint density at radius 1 is 1.00 bits per heavy atom. The first-order valence-electron chi connectivity index (χ1n) is 10.4. The fourth-order valence-corrected chi connectivity index (χ4v) is 4.09. The smallest absolute Gasteiger partial charge is 0.331 e. The zero-order chi connectivity index (χ0) is 23.1. The topological polar surface area (TPSA) is 96.5 Å². The van der Waals surface area contributed by atoms with Crippen LogP contribution in [0.5, 0.6) is 11.5 Å². The van der Waals surface area contributed by atoms with E-state index in [0.29, 0.717) is 28.1 Å². The number of amides is 1. The second kappa shape index (κ2) is 8.01. The number of aromatic nitrogens is 3. The molecule has 0 radical (unpaired) electrons. The Bertz CT molecular complexity index is 1500. The highest BCUT2D eigenvalue weighted by Crippen LogP contribution is 2.32. The SMILES string of the molecule is Cn1c(=O)c2c(c(-c3ccccc3)cn2C)n(CC(=O)NCc2ccc3c(c2)OCO3)c1=O. The normalized spacial score (nSPS) is 12.3. The lowest BCUT2D eigenvalue weighted by Gasteiger charge is -2.12. The number of hydrogen-bond donors (Lipinski definition) is 1. The minimum absolute atomic E-state index is 0.178. The molecular formula is C24H22N4O5. The molecule has 1 amide bonds. The lowest BCUT2D eigenvalue weighted by atomic mass is 10.1. The lowest BCUT2D eigenvalue weighted by molar-refractivity contribution is -0.121. The summed E-state index contributed by atoms with van der Waals surface area (Å²) in [6.07, 6.45) is 1.81. The van der Waals surface area contributed by atoms with Crippen molar-refractivity contribution in [2.75, 3.05) is 6.79 Å². The van der Waals surface area contributed by atoms with Gasteiger partial charge in [-0.1, -0.05) is 36.4 Å². The van der Waals surface area contributed by atoms with E-state index in [1.807, 2.05) is 48.7 Å². The quantitative estimate of drug-likeness (QED) is 0.504. The van der Waals surface area contributed by atoms with Crippen LogP contribution in [0.25, 0.3) is 22.2 Å². The van der Waals surface area contributed by atoms with E-state index in [9.17, 15) is 14.4 Å². The fraction of sp³-hybridized carbons (Fsp3) is 0.208. The summed E-state index contributed by atoms with van der Waals surface area (Å²) in [6, 6.07) is 14.9. The molecule has 1 N–H and O–H groups in total. The lowest BCUT2D eigenvalue weighted by Crippen LogP contribution is -2.41. The predicted molar refractivity (Wildman–Crippen MR) is 122 cm³/mol. The van der Waals surface area contributed by atoms with Crippen LogP contribution in [0.4, 0.5) is 0 Å². The minimum Gasteiger partial charge on any atom is -0.454 e. The molecule has 4 aromatic rings. The summed E-state index contributed by atoms with van der Waals surface area (Å²) >= 11 is 0. The van der Waals surface area contributed by atoms with E-state index in [4.69, 9.17) is 9.47 Å². The van der Waals surface area contributed by atoms with Crippen molar-refractivity contribution in [2.24, 2.45) is 14.1 Å². The third-order valence-electron chi connectivity index (χ3n) is 5.76. The maximum atomic E-state index is 13.0. The van der Waals surface area contributed by atoms with Gasteiger partial charge in [-0.05, 0) is 23.3 Å². The summed E-state index contributed by atoms with van der Waals surface area (Å²) in [6.45, 7) is 0.217. The molecule has 0 saturated carbocycles. The van der Waals surface area contributed by atoms with Crippen LogP contribution < -0.4 is 26.0 Å². The van der Waals surface area contributed by atoms with Crippen molar-refractivity contribution in [2.45, 2.75) is 13.1 Å². The average molecular weight is 446 g/mol. The van der Waals surface area contributed by atoms with Gasteiger partial charge in [0.05, 0.1) is 5.52 Å². The molecule has 9 nitrogen and oxygen atoms in total. The van der Waals surface area contributed by atoms with E-state index in [-0.39, 0.29) is 25.8 Å². The number of rotatable bonds is 5. The molecule has 5 rings (SSSR count). The fourth-order valence-electron chi connectivity index (χ4n) is 4.09. The Morgan fingerprint density at radius 3 is 2.55 bits per heavy atom. The summed E-state index contributed by atoms with van der Waals surface area (Å²) in [4.78, 5) is 38.7. The van der Waals surface area contributed by atoms with Crippen LogP contribution in [0.3, 0.4) is 0 Å². The van der Waals surface area contributed by atoms with Gasteiger partial charge in [-0.3, -0.25) is 18.7 Å². The summed E-state index contributed by atoms with van der Waals surface area (Å²) in [5, 5.41) is 2.84. The zero-order valence-electron chi connectivity index (χ0n) is 18.2. The van der Waals surface area contributed by atoms with Gasteiger partial charge in [-0.25, -0.2) is 4.79 Å². The van der Waals surface area contributed by atoms with Gasteiger partial charge in [0.25, 0.3) is 5.56 Å². The highest BCUT2D eigenvalue weighted by atomic mass is 16.7. The van der Waals surface area contributed by atoms with E-state index in [0.717, 1.165) is 15.7 Å². The Morgan fingerprint density at radius 2 is 1.76 bits per heavy atom. The first-order chi connectivity index (χ1) is 15.9. The third-order valence-corrected chi connectivity index (χ3v) is 5.76. The Labute approximate surface area is 188 Å². The highest BCUT2D eigenvalue weighted by Gasteiger charge is 2.21. The van der Waals surface area contributed by atoms with Crippen LogP contribution in [0.15, 0.2) is 64.3 Å². The summed E-state index contributed by atoms with van der Waals surface area (Å²) in [5.74, 6) is 0.953. The van der Waals surface area contributed by atoms with Crippen molar-refractivity contribution in [3.8, 4) is 22.6 Å². The molecule has 1 aliphatic rings. The van der Waals surface area contributed by atoms with Crippen LogP contribution in [0.2, 0.25) is 0 Å². The van der Waals surface area contributed by atoms with Crippen LogP contribution in [-0.4, -0.2) is 26.4 Å².